The number of rotatable bonds is 9. The van der Waals surface area contributed by atoms with Gasteiger partial charge in [0.15, 0.2) is 12.4 Å². The molecule has 0 spiro atoms. The molecule has 174 valence electrons. The smallest absolute Gasteiger partial charge is 0.293 e. The highest BCUT2D eigenvalue weighted by atomic mass is 35.5. The number of carbonyl (C=O) groups excluding carboxylic acids is 2. The first kappa shape index (κ1) is 25.2. The number of nitrogens with zero attached hydrogens (tertiary/aromatic N) is 2. The number of aromatic nitrogens is 2. The van der Waals surface area contributed by atoms with Crippen LogP contribution in [0.1, 0.15) is 39.0 Å². The maximum Gasteiger partial charge on any atom is 0.293 e. The van der Waals surface area contributed by atoms with Gasteiger partial charge < -0.3 is 20.7 Å². The van der Waals surface area contributed by atoms with Crippen LogP contribution >= 0.6 is 11.6 Å². The van der Waals surface area contributed by atoms with Gasteiger partial charge in [0.25, 0.3) is 11.5 Å². The minimum absolute atomic E-state index is 0.121. The van der Waals surface area contributed by atoms with Crippen LogP contribution in [-0.2, 0) is 22.7 Å². The van der Waals surface area contributed by atoms with E-state index in [9.17, 15) is 14.4 Å². The van der Waals surface area contributed by atoms with E-state index >= 15 is 0 Å². The third-order valence-electron chi connectivity index (χ3n) is 4.28. The van der Waals surface area contributed by atoms with Crippen LogP contribution in [0, 0.1) is 6.92 Å². The Balaban J connectivity index is 2.09. The predicted octanol–water partition coefficient (Wildman–Crippen LogP) is 2.25. The molecule has 2 amide bonds. The molecule has 0 aliphatic heterocycles. The minimum Gasteiger partial charge on any atom is -0.483 e. The van der Waals surface area contributed by atoms with E-state index in [1.807, 2.05) is 27.7 Å². The topological polar surface area (TPSA) is 114 Å². The first-order valence-corrected chi connectivity index (χ1v) is 10.7. The molecule has 2 rings (SSSR count). The molecule has 0 aliphatic carbocycles. The molecule has 0 bridgehead atoms. The zero-order chi connectivity index (χ0) is 23.9. The Labute approximate surface area is 192 Å². The monoisotopic (exact) mass is 463 g/mol. The standard InChI is InChI=1S/C22H30ClN5O4/c1-6-24-19(30)13-32-17-8-7-16(23)9-15(17)11-25-18(29)12-28-14(2)10-26-20(21(28)31)27-22(3,4)5/h7-10H,6,11-13H2,1-5H3,(H,24,30)(H,25,29)(H,26,27). The van der Waals surface area contributed by atoms with Gasteiger partial charge in [-0.25, -0.2) is 4.98 Å². The highest BCUT2D eigenvalue weighted by Gasteiger charge is 2.17. The Morgan fingerprint density at radius 2 is 1.91 bits per heavy atom. The number of ether oxygens (including phenoxy) is 1. The van der Waals surface area contributed by atoms with E-state index in [4.69, 9.17) is 16.3 Å². The van der Waals surface area contributed by atoms with Crippen molar-refractivity contribution in [1.82, 2.24) is 20.2 Å². The number of benzene rings is 1. The number of hydrogen-bond donors (Lipinski definition) is 3. The van der Waals surface area contributed by atoms with Crippen molar-refractivity contribution in [1.29, 1.82) is 0 Å². The Morgan fingerprint density at radius 1 is 1.19 bits per heavy atom. The van der Waals surface area contributed by atoms with Crippen LogP contribution in [0.4, 0.5) is 5.82 Å². The molecule has 3 N–H and O–H groups in total. The average molecular weight is 464 g/mol. The van der Waals surface area contributed by atoms with Crippen molar-refractivity contribution in [3.63, 3.8) is 0 Å². The first-order chi connectivity index (χ1) is 15.0. The normalized spacial score (nSPS) is 11.1. The Hall–Kier alpha value is -3.07. The lowest BCUT2D eigenvalue weighted by Gasteiger charge is -2.21. The molecular weight excluding hydrogens is 434 g/mol. The molecule has 0 atom stereocenters. The van der Waals surface area contributed by atoms with Crippen LogP contribution in [0.25, 0.3) is 0 Å². The van der Waals surface area contributed by atoms with Crippen LogP contribution in [-0.4, -0.2) is 40.1 Å². The van der Waals surface area contributed by atoms with Gasteiger partial charge in [-0.3, -0.25) is 19.0 Å². The van der Waals surface area contributed by atoms with E-state index in [2.05, 4.69) is 20.9 Å². The van der Waals surface area contributed by atoms with Gasteiger partial charge in [0.2, 0.25) is 5.91 Å². The molecule has 1 heterocycles. The largest absolute Gasteiger partial charge is 0.483 e. The fourth-order valence-electron chi connectivity index (χ4n) is 2.82. The molecular formula is C22H30ClN5O4. The first-order valence-electron chi connectivity index (χ1n) is 10.3. The summed E-state index contributed by atoms with van der Waals surface area (Å²) >= 11 is 6.08. The van der Waals surface area contributed by atoms with Crippen molar-refractivity contribution in [2.75, 3.05) is 18.5 Å². The fraction of sp³-hybridized carbons (Fsp3) is 0.455. The lowest BCUT2D eigenvalue weighted by Crippen LogP contribution is -2.37. The number of nitrogens with one attached hydrogen (secondary N) is 3. The maximum absolute atomic E-state index is 12.8. The van der Waals surface area contributed by atoms with Gasteiger partial charge in [-0.2, -0.15) is 0 Å². The summed E-state index contributed by atoms with van der Waals surface area (Å²) in [6.07, 6.45) is 1.55. The molecule has 1 aromatic heterocycles. The van der Waals surface area contributed by atoms with Gasteiger partial charge in [-0.15, -0.1) is 0 Å². The number of halogens is 1. The highest BCUT2D eigenvalue weighted by molar-refractivity contribution is 6.30. The van der Waals surface area contributed by atoms with Crippen LogP contribution < -0.4 is 26.2 Å². The average Bonchev–Trinajstić information content (AvgIpc) is 2.70. The quantitative estimate of drug-likeness (QED) is 0.525. The van der Waals surface area contributed by atoms with Crippen molar-refractivity contribution in [2.45, 2.75) is 53.2 Å². The molecule has 2 aromatic rings. The van der Waals surface area contributed by atoms with E-state index in [-0.39, 0.29) is 48.4 Å². The predicted molar refractivity (Wildman–Crippen MR) is 124 cm³/mol. The van der Waals surface area contributed by atoms with E-state index in [1.54, 1.807) is 31.3 Å². The Morgan fingerprint density at radius 3 is 2.56 bits per heavy atom. The maximum atomic E-state index is 12.8. The lowest BCUT2D eigenvalue weighted by molar-refractivity contribution is -0.123. The number of likely N-dealkylation sites (N-methyl/N-ethyl adjacent to an activating group) is 1. The second-order valence-electron chi connectivity index (χ2n) is 8.29. The number of carbonyl (C=O) groups is 2. The SMILES string of the molecule is CCNC(=O)COc1ccc(Cl)cc1CNC(=O)Cn1c(C)cnc(NC(C)(C)C)c1=O. The molecule has 1 aromatic carbocycles. The molecule has 0 radical (unpaired) electrons. The Bertz CT molecular complexity index is 1030. The van der Waals surface area contributed by atoms with E-state index in [0.29, 0.717) is 28.6 Å². The van der Waals surface area contributed by atoms with Crippen molar-refractivity contribution in [3.8, 4) is 5.75 Å². The van der Waals surface area contributed by atoms with Gasteiger partial charge in [0, 0.05) is 41.1 Å². The van der Waals surface area contributed by atoms with E-state index < -0.39 is 0 Å². The van der Waals surface area contributed by atoms with Crippen LogP contribution in [0.3, 0.4) is 0 Å². The summed E-state index contributed by atoms with van der Waals surface area (Å²) in [5.74, 6) is 0.0177. The summed E-state index contributed by atoms with van der Waals surface area (Å²) in [5, 5.41) is 8.95. The third kappa shape index (κ3) is 7.56. The van der Waals surface area contributed by atoms with Crippen molar-refractivity contribution >= 4 is 29.2 Å². The molecule has 0 saturated heterocycles. The molecule has 0 unspecified atom stereocenters. The summed E-state index contributed by atoms with van der Waals surface area (Å²) in [7, 11) is 0. The fourth-order valence-corrected chi connectivity index (χ4v) is 3.01. The van der Waals surface area contributed by atoms with Crippen LogP contribution in [0.15, 0.2) is 29.2 Å². The van der Waals surface area contributed by atoms with E-state index in [1.165, 1.54) is 4.57 Å². The number of amides is 2. The highest BCUT2D eigenvalue weighted by Crippen LogP contribution is 2.23. The molecule has 32 heavy (non-hydrogen) atoms. The van der Waals surface area contributed by atoms with Crippen LogP contribution in [0.2, 0.25) is 5.02 Å². The molecule has 0 aliphatic rings. The van der Waals surface area contributed by atoms with Crippen molar-refractivity contribution in [2.24, 2.45) is 0 Å². The minimum atomic E-state index is -0.371. The summed E-state index contributed by atoms with van der Waals surface area (Å²) < 4.78 is 6.93. The molecule has 9 nitrogen and oxygen atoms in total. The number of hydrogen-bond acceptors (Lipinski definition) is 6. The zero-order valence-corrected chi connectivity index (χ0v) is 19.8. The van der Waals surface area contributed by atoms with Gasteiger partial charge in [-0.05, 0) is 52.8 Å². The number of anilines is 1. The zero-order valence-electron chi connectivity index (χ0n) is 19.0. The molecule has 10 heteroatoms. The van der Waals surface area contributed by atoms with Gasteiger partial charge >= 0.3 is 0 Å². The van der Waals surface area contributed by atoms with Gasteiger partial charge in [0.05, 0.1) is 0 Å². The second kappa shape index (κ2) is 11.0. The summed E-state index contributed by atoms with van der Waals surface area (Å²) in [6.45, 7) is 9.60. The van der Waals surface area contributed by atoms with Crippen molar-refractivity contribution in [3.05, 3.63) is 51.0 Å². The summed E-state index contributed by atoms with van der Waals surface area (Å²) in [4.78, 5) is 41.2. The lowest BCUT2D eigenvalue weighted by atomic mass is 10.1. The van der Waals surface area contributed by atoms with Gasteiger partial charge in [0.1, 0.15) is 12.3 Å². The third-order valence-corrected chi connectivity index (χ3v) is 4.52. The molecule has 0 fully saturated rings. The van der Waals surface area contributed by atoms with Gasteiger partial charge in [-0.1, -0.05) is 11.6 Å². The van der Waals surface area contributed by atoms with Crippen LogP contribution in [0.5, 0.6) is 5.75 Å². The number of aryl methyl sites for hydroxylation is 1. The summed E-state index contributed by atoms with van der Waals surface area (Å²) in [6, 6.07) is 4.94. The van der Waals surface area contributed by atoms with E-state index in [0.717, 1.165) is 0 Å². The van der Waals surface area contributed by atoms with Crippen molar-refractivity contribution < 1.29 is 14.3 Å². The molecule has 0 saturated carbocycles. The summed E-state index contributed by atoms with van der Waals surface area (Å²) in [5.41, 5.74) is 0.463. The second-order valence-corrected chi connectivity index (χ2v) is 8.72. The Kier molecular flexibility index (Phi) is 8.65.